The summed E-state index contributed by atoms with van der Waals surface area (Å²) in [5.41, 5.74) is 3.13. The minimum Gasteiger partial charge on any atom is -0.352 e. The number of nitrogens with one attached hydrogen (secondary N) is 1. The van der Waals surface area contributed by atoms with Crippen molar-refractivity contribution in [2.24, 2.45) is 0 Å². The summed E-state index contributed by atoms with van der Waals surface area (Å²) in [4.78, 5) is 29.5. The molecule has 0 radical (unpaired) electrons. The highest BCUT2D eigenvalue weighted by molar-refractivity contribution is 7.92. The van der Waals surface area contributed by atoms with Crippen LogP contribution in [-0.4, -0.2) is 43.8 Å². The molecule has 8 heteroatoms. The van der Waals surface area contributed by atoms with Gasteiger partial charge in [0.2, 0.25) is 11.8 Å². The number of aryl methyl sites for hydroxylation is 2. The van der Waals surface area contributed by atoms with Gasteiger partial charge in [-0.1, -0.05) is 92.4 Å². The van der Waals surface area contributed by atoms with E-state index in [4.69, 9.17) is 0 Å². The number of sulfonamides is 1. The zero-order chi connectivity index (χ0) is 29.4. The summed E-state index contributed by atoms with van der Waals surface area (Å²) >= 11 is 0. The van der Waals surface area contributed by atoms with E-state index in [1.807, 2.05) is 57.2 Å². The lowest BCUT2D eigenvalue weighted by atomic mass is 9.95. The van der Waals surface area contributed by atoms with E-state index in [9.17, 15) is 18.0 Å². The Balaban J connectivity index is 1.70. The maximum Gasteiger partial charge on any atom is 0.264 e. The lowest BCUT2D eigenvalue weighted by Crippen LogP contribution is -2.54. The van der Waals surface area contributed by atoms with E-state index in [1.165, 1.54) is 22.9 Å². The van der Waals surface area contributed by atoms with Crippen LogP contribution in [0.5, 0.6) is 0 Å². The molecule has 41 heavy (non-hydrogen) atoms. The normalized spacial score (nSPS) is 14.7. The summed E-state index contributed by atoms with van der Waals surface area (Å²) in [5.74, 6) is -0.618. The summed E-state index contributed by atoms with van der Waals surface area (Å²) < 4.78 is 29.1. The van der Waals surface area contributed by atoms with E-state index < -0.39 is 28.5 Å². The van der Waals surface area contributed by atoms with Crippen LogP contribution >= 0.6 is 0 Å². The summed E-state index contributed by atoms with van der Waals surface area (Å²) in [5, 5.41) is 3.19. The molecule has 218 valence electrons. The molecule has 0 bridgehead atoms. The van der Waals surface area contributed by atoms with Crippen LogP contribution in [0.4, 0.5) is 5.69 Å². The number of nitrogens with zero attached hydrogens (tertiary/aromatic N) is 2. The predicted molar refractivity (Wildman–Crippen MR) is 163 cm³/mol. The van der Waals surface area contributed by atoms with Crippen molar-refractivity contribution in [1.82, 2.24) is 10.2 Å². The number of amides is 2. The van der Waals surface area contributed by atoms with Gasteiger partial charge < -0.3 is 10.2 Å². The molecule has 1 atom stereocenters. The van der Waals surface area contributed by atoms with Gasteiger partial charge in [-0.3, -0.25) is 13.9 Å². The van der Waals surface area contributed by atoms with Gasteiger partial charge in [-0.25, -0.2) is 8.42 Å². The molecule has 4 rings (SSSR count). The Kier molecular flexibility index (Phi) is 10.2. The third-order valence-electron chi connectivity index (χ3n) is 7.81. The van der Waals surface area contributed by atoms with E-state index in [-0.39, 0.29) is 23.4 Å². The summed E-state index contributed by atoms with van der Waals surface area (Å²) in [6, 6.07) is 22.5. The smallest absolute Gasteiger partial charge is 0.264 e. The fourth-order valence-electron chi connectivity index (χ4n) is 5.43. The van der Waals surface area contributed by atoms with Crippen molar-refractivity contribution in [3.8, 4) is 0 Å². The van der Waals surface area contributed by atoms with Crippen LogP contribution in [0, 0.1) is 13.8 Å². The standard InChI is InChI=1S/C33H41N3O4S/c1-4-30(33(38)34-28-14-7-5-8-15-28)35(23-27-21-19-25(2)20-22-27)32(37)24-36(31-18-12-11-13-26(31)3)41(39,40)29-16-9-6-10-17-29/h6,9-13,16-22,28,30H,4-5,7-8,14-15,23-24H2,1-3H3,(H,34,38). The van der Waals surface area contributed by atoms with Crippen molar-refractivity contribution in [3.05, 3.63) is 95.6 Å². The SMILES string of the molecule is CCC(C(=O)NC1CCCCC1)N(Cc1ccc(C)cc1)C(=O)CN(c1ccccc1C)S(=O)(=O)c1ccccc1. The molecule has 7 nitrogen and oxygen atoms in total. The molecule has 2 amide bonds. The Labute approximate surface area is 244 Å². The number of rotatable bonds is 11. The Morgan fingerprint density at radius 3 is 2.15 bits per heavy atom. The number of hydrogen-bond acceptors (Lipinski definition) is 4. The van der Waals surface area contributed by atoms with Crippen molar-refractivity contribution in [2.75, 3.05) is 10.8 Å². The van der Waals surface area contributed by atoms with E-state index in [1.54, 1.807) is 35.2 Å². The molecule has 1 unspecified atom stereocenters. The molecule has 3 aromatic rings. The molecular weight excluding hydrogens is 534 g/mol. The van der Waals surface area contributed by atoms with Crippen LogP contribution in [0.15, 0.2) is 83.8 Å². The van der Waals surface area contributed by atoms with Crippen LogP contribution in [0.2, 0.25) is 0 Å². The average Bonchev–Trinajstić information content (AvgIpc) is 2.98. The second-order valence-corrected chi connectivity index (χ2v) is 12.7. The highest BCUT2D eigenvalue weighted by atomic mass is 32.2. The van der Waals surface area contributed by atoms with Crippen LogP contribution < -0.4 is 9.62 Å². The molecule has 1 saturated carbocycles. The number of hydrogen-bond donors (Lipinski definition) is 1. The fourth-order valence-corrected chi connectivity index (χ4v) is 6.93. The minimum atomic E-state index is -4.07. The van der Waals surface area contributed by atoms with E-state index in [2.05, 4.69) is 5.32 Å². The quantitative estimate of drug-likeness (QED) is 0.315. The van der Waals surface area contributed by atoms with Crippen molar-refractivity contribution in [2.45, 2.75) is 82.8 Å². The second kappa shape index (κ2) is 13.8. The van der Waals surface area contributed by atoms with Gasteiger partial charge in [0.25, 0.3) is 10.0 Å². The first-order valence-electron chi connectivity index (χ1n) is 14.5. The maximum absolute atomic E-state index is 14.2. The van der Waals surface area contributed by atoms with Crippen LogP contribution in [0.3, 0.4) is 0 Å². The van der Waals surface area contributed by atoms with Crippen LogP contribution in [0.1, 0.15) is 62.1 Å². The van der Waals surface area contributed by atoms with E-state index in [0.717, 1.165) is 42.4 Å². The van der Waals surface area contributed by atoms with Crippen molar-refractivity contribution in [3.63, 3.8) is 0 Å². The zero-order valence-electron chi connectivity index (χ0n) is 24.3. The number of anilines is 1. The van der Waals surface area contributed by atoms with Gasteiger partial charge in [-0.15, -0.1) is 0 Å². The first-order valence-corrected chi connectivity index (χ1v) is 15.9. The second-order valence-electron chi connectivity index (χ2n) is 10.9. The molecule has 1 fully saturated rings. The summed E-state index contributed by atoms with van der Waals surface area (Å²) in [6.45, 7) is 5.47. The van der Waals surface area contributed by atoms with Crippen molar-refractivity contribution < 1.29 is 18.0 Å². The Hall–Kier alpha value is -3.65. The molecule has 0 spiro atoms. The van der Waals surface area contributed by atoms with Gasteiger partial charge in [0, 0.05) is 12.6 Å². The summed E-state index contributed by atoms with van der Waals surface area (Å²) in [7, 11) is -4.07. The first-order chi connectivity index (χ1) is 19.7. The Bertz CT molecular complexity index is 1420. The van der Waals surface area contributed by atoms with Gasteiger partial charge in [0.05, 0.1) is 10.6 Å². The van der Waals surface area contributed by atoms with Crippen molar-refractivity contribution in [1.29, 1.82) is 0 Å². The Morgan fingerprint density at radius 1 is 0.878 bits per heavy atom. The highest BCUT2D eigenvalue weighted by Crippen LogP contribution is 2.27. The van der Waals surface area contributed by atoms with Gasteiger partial charge >= 0.3 is 0 Å². The van der Waals surface area contributed by atoms with Gasteiger partial charge in [-0.2, -0.15) is 0 Å². The van der Waals surface area contributed by atoms with E-state index >= 15 is 0 Å². The van der Waals surface area contributed by atoms with Gasteiger partial charge in [-0.05, 0) is 62.4 Å². The number of carbonyl (C=O) groups excluding carboxylic acids is 2. The Morgan fingerprint density at radius 2 is 1.51 bits per heavy atom. The number of para-hydroxylation sites is 1. The monoisotopic (exact) mass is 575 g/mol. The molecular formula is C33H41N3O4S. The lowest BCUT2D eigenvalue weighted by molar-refractivity contribution is -0.140. The molecule has 0 aromatic heterocycles. The topological polar surface area (TPSA) is 86.8 Å². The highest BCUT2D eigenvalue weighted by Gasteiger charge is 2.34. The third-order valence-corrected chi connectivity index (χ3v) is 9.58. The van der Waals surface area contributed by atoms with E-state index in [0.29, 0.717) is 12.1 Å². The molecule has 1 N–H and O–H groups in total. The molecule has 1 aliphatic carbocycles. The van der Waals surface area contributed by atoms with Crippen molar-refractivity contribution >= 4 is 27.5 Å². The lowest BCUT2D eigenvalue weighted by Gasteiger charge is -2.34. The maximum atomic E-state index is 14.2. The van der Waals surface area contributed by atoms with Crippen LogP contribution in [-0.2, 0) is 26.2 Å². The first kappa shape index (κ1) is 30.3. The predicted octanol–water partition coefficient (Wildman–Crippen LogP) is 5.76. The molecule has 1 aliphatic rings. The van der Waals surface area contributed by atoms with Gasteiger partial charge in [0.15, 0.2) is 0 Å². The van der Waals surface area contributed by atoms with Gasteiger partial charge in [0.1, 0.15) is 12.6 Å². The molecule has 3 aromatic carbocycles. The summed E-state index contributed by atoms with van der Waals surface area (Å²) in [6.07, 6.45) is 5.61. The minimum absolute atomic E-state index is 0.100. The number of benzene rings is 3. The third kappa shape index (κ3) is 7.55. The molecule has 0 heterocycles. The fraction of sp³-hybridized carbons (Fsp3) is 0.394. The molecule has 0 saturated heterocycles. The average molecular weight is 576 g/mol. The van der Waals surface area contributed by atoms with Crippen LogP contribution in [0.25, 0.3) is 0 Å². The largest absolute Gasteiger partial charge is 0.352 e. The molecule has 0 aliphatic heterocycles. The number of carbonyl (C=O) groups is 2. The zero-order valence-corrected chi connectivity index (χ0v) is 25.1.